The van der Waals surface area contributed by atoms with Crippen LogP contribution >= 0.6 is 0 Å². The van der Waals surface area contributed by atoms with Crippen LogP contribution in [0.3, 0.4) is 0 Å². The van der Waals surface area contributed by atoms with E-state index in [-0.39, 0.29) is 5.91 Å². The lowest BCUT2D eigenvalue weighted by Crippen LogP contribution is -2.38. The van der Waals surface area contributed by atoms with Crippen molar-refractivity contribution in [3.05, 3.63) is 96.2 Å². The molecule has 0 atom stereocenters. The number of hydrogen-bond acceptors (Lipinski definition) is 4. The largest absolute Gasteiger partial charge is 0.489 e. The highest BCUT2D eigenvalue weighted by atomic mass is 16.5. The Balaban J connectivity index is 1.25. The highest BCUT2D eigenvalue weighted by Gasteiger charge is 2.14. The minimum absolute atomic E-state index is 0.140. The number of nitrogens with one attached hydrogen (secondary N) is 1. The second-order valence-electron chi connectivity index (χ2n) is 8.45. The van der Waals surface area contributed by atoms with E-state index in [0.29, 0.717) is 12.2 Å². The molecule has 4 aromatic rings. The zero-order chi connectivity index (χ0) is 23.2. The van der Waals surface area contributed by atoms with E-state index in [1.807, 2.05) is 66.7 Å². The Bertz CT molecular complexity index is 1250. The van der Waals surface area contributed by atoms with Crippen LogP contribution in [-0.2, 0) is 17.9 Å². The Morgan fingerprint density at radius 2 is 1.71 bits per heavy atom. The molecule has 1 aliphatic rings. The van der Waals surface area contributed by atoms with Gasteiger partial charge in [-0.05, 0) is 42.5 Å². The number of ether oxygens (including phenoxy) is 2. The monoisotopic (exact) mass is 455 g/mol. The van der Waals surface area contributed by atoms with Gasteiger partial charge in [-0.1, -0.05) is 36.4 Å². The van der Waals surface area contributed by atoms with Crippen LogP contribution in [0.5, 0.6) is 5.75 Å². The smallest absolute Gasteiger partial charge is 0.256 e. The van der Waals surface area contributed by atoms with Gasteiger partial charge >= 0.3 is 0 Å². The predicted molar refractivity (Wildman–Crippen MR) is 134 cm³/mol. The zero-order valence-electron chi connectivity index (χ0n) is 19.2. The third kappa shape index (κ3) is 5.30. The van der Waals surface area contributed by atoms with Gasteiger partial charge in [0.1, 0.15) is 12.4 Å². The Labute approximate surface area is 199 Å². The number of amides is 1. The van der Waals surface area contributed by atoms with Crippen LogP contribution in [0.15, 0.2) is 85.1 Å². The number of nitrogens with zero attached hydrogens (tertiary/aromatic N) is 2. The molecular weight excluding hydrogens is 426 g/mol. The number of morpholine rings is 1. The number of benzene rings is 3. The van der Waals surface area contributed by atoms with Crippen molar-refractivity contribution in [2.45, 2.75) is 13.2 Å². The summed E-state index contributed by atoms with van der Waals surface area (Å²) in [6.07, 6.45) is 2.12. The highest BCUT2D eigenvalue weighted by molar-refractivity contribution is 6.06. The van der Waals surface area contributed by atoms with Gasteiger partial charge in [0.15, 0.2) is 0 Å². The lowest BCUT2D eigenvalue weighted by molar-refractivity contribution is 0.0365. The Kier molecular flexibility index (Phi) is 6.89. The van der Waals surface area contributed by atoms with Crippen LogP contribution in [0.1, 0.15) is 15.9 Å². The van der Waals surface area contributed by atoms with Crippen LogP contribution in [0, 0.1) is 0 Å². The van der Waals surface area contributed by atoms with Crippen LogP contribution in [0.25, 0.3) is 10.9 Å². The molecule has 1 N–H and O–H groups in total. The first kappa shape index (κ1) is 22.2. The van der Waals surface area contributed by atoms with Crippen LogP contribution in [0.2, 0.25) is 0 Å². The van der Waals surface area contributed by atoms with Gasteiger partial charge in [-0.25, -0.2) is 0 Å². The Morgan fingerprint density at radius 1 is 0.912 bits per heavy atom. The van der Waals surface area contributed by atoms with Crippen molar-refractivity contribution in [3.8, 4) is 5.75 Å². The van der Waals surface area contributed by atoms with Crippen molar-refractivity contribution in [2.24, 2.45) is 0 Å². The van der Waals surface area contributed by atoms with E-state index in [1.165, 1.54) is 5.52 Å². The predicted octanol–water partition coefficient (Wildman–Crippen LogP) is 4.80. The fourth-order valence-electron chi connectivity index (χ4n) is 4.29. The fourth-order valence-corrected chi connectivity index (χ4v) is 4.29. The highest BCUT2D eigenvalue weighted by Crippen LogP contribution is 2.22. The lowest BCUT2D eigenvalue weighted by Gasteiger charge is -2.26. The molecule has 0 spiro atoms. The molecule has 2 heterocycles. The molecule has 1 saturated heterocycles. The Hall–Kier alpha value is -3.61. The maximum atomic E-state index is 13.1. The molecule has 0 bridgehead atoms. The van der Waals surface area contributed by atoms with E-state index in [4.69, 9.17) is 9.47 Å². The molecule has 5 rings (SSSR count). The number of rotatable bonds is 8. The number of fused-ring (bicyclic) bond motifs is 1. The zero-order valence-corrected chi connectivity index (χ0v) is 19.2. The number of para-hydroxylation sites is 1. The molecule has 1 fully saturated rings. The van der Waals surface area contributed by atoms with Gasteiger partial charge in [-0.15, -0.1) is 0 Å². The first-order chi connectivity index (χ1) is 16.8. The molecule has 0 aliphatic carbocycles. The topological polar surface area (TPSA) is 55.7 Å². The molecule has 174 valence electrons. The van der Waals surface area contributed by atoms with Gasteiger partial charge < -0.3 is 19.4 Å². The summed E-state index contributed by atoms with van der Waals surface area (Å²) in [7, 11) is 0. The van der Waals surface area contributed by atoms with E-state index in [0.717, 1.165) is 61.8 Å². The van der Waals surface area contributed by atoms with E-state index >= 15 is 0 Å². The van der Waals surface area contributed by atoms with E-state index in [2.05, 4.69) is 33.1 Å². The maximum Gasteiger partial charge on any atom is 0.256 e. The van der Waals surface area contributed by atoms with Crippen molar-refractivity contribution in [3.63, 3.8) is 0 Å². The average Bonchev–Trinajstić information content (AvgIpc) is 3.30. The van der Waals surface area contributed by atoms with Gasteiger partial charge in [0.2, 0.25) is 0 Å². The van der Waals surface area contributed by atoms with Crippen LogP contribution in [0.4, 0.5) is 5.69 Å². The van der Waals surface area contributed by atoms with E-state index in [9.17, 15) is 4.79 Å². The summed E-state index contributed by atoms with van der Waals surface area (Å²) in [6.45, 7) is 5.89. The summed E-state index contributed by atoms with van der Waals surface area (Å²) in [6, 6.07) is 25.4. The third-order valence-corrected chi connectivity index (χ3v) is 6.19. The number of anilines is 1. The van der Waals surface area contributed by atoms with Crippen molar-refractivity contribution in [1.29, 1.82) is 0 Å². The quantitative estimate of drug-likeness (QED) is 0.415. The summed E-state index contributed by atoms with van der Waals surface area (Å²) in [5.74, 6) is 0.639. The SMILES string of the molecule is O=C(Nc1ccc2c(ccn2CCN2CCOCC2)c1)c1ccccc1COc1ccccc1. The van der Waals surface area contributed by atoms with Crippen molar-refractivity contribution >= 4 is 22.5 Å². The second-order valence-corrected chi connectivity index (χ2v) is 8.45. The number of aromatic nitrogens is 1. The summed E-state index contributed by atoms with van der Waals surface area (Å²) >= 11 is 0. The fraction of sp³-hybridized carbons (Fsp3) is 0.250. The Morgan fingerprint density at radius 3 is 2.56 bits per heavy atom. The second kappa shape index (κ2) is 10.5. The molecule has 0 saturated carbocycles. The number of hydrogen-bond donors (Lipinski definition) is 1. The standard InChI is InChI=1S/C28H29N3O3/c32-28(26-9-5-4-6-23(26)21-34-25-7-2-1-3-8-25)29-24-10-11-27-22(20-24)12-13-31(27)15-14-30-16-18-33-19-17-30/h1-13,20H,14-19,21H2,(H,29,32). The van der Waals surface area contributed by atoms with Crippen molar-refractivity contribution in [2.75, 3.05) is 38.2 Å². The van der Waals surface area contributed by atoms with Gasteiger partial charge in [-0.3, -0.25) is 9.69 Å². The summed E-state index contributed by atoms with van der Waals surface area (Å²) in [5.41, 5.74) is 3.41. The van der Waals surface area contributed by atoms with Crippen molar-refractivity contribution in [1.82, 2.24) is 9.47 Å². The van der Waals surface area contributed by atoms with Gasteiger partial charge in [-0.2, -0.15) is 0 Å². The van der Waals surface area contributed by atoms with Crippen LogP contribution < -0.4 is 10.1 Å². The lowest BCUT2D eigenvalue weighted by atomic mass is 10.1. The minimum Gasteiger partial charge on any atom is -0.489 e. The summed E-state index contributed by atoms with van der Waals surface area (Å²) in [5, 5.41) is 4.17. The maximum absolute atomic E-state index is 13.1. The molecule has 1 aromatic heterocycles. The molecule has 3 aromatic carbocycles. The summed E-state index contributed by atoms with van der Waals surface area (Å²) in [4.78, 5) is 15.5. The molecule has 34 heavy (non-hydrogen) atoms. The molecule has 1 aliphatic heterocycles. The molecule has 0 radical (unpaired) electrons. The van der Waals surface area contributed by atoms with Crippen LogP contribution in [-0.4, -0.2) is 48.2 Å². The minimum atomic E-state index is -0.140. The number of carbonyl (C=O) groups is 1. The average molecular weight is 456 g/mol. The number of carbonyl (C=O) groups excluding carboxylic acids is 1. The van der Waals surface area contributed by atoms with Gasteiger partial charge in [0.25, 0.3) is 5.91 Å². The van der Waals surface area contributed by atoms with E-state index < -0.39 is 0 Å². The van der Waals surface area contributed by atoms with Crippen molar-refractivity contribution < 1.29 is 14.3 Å². The normalized spacial score (nSPS) is 14.2. The first-order valence-corrected chi connectivity index (χ1v) is 11.7. The summed E-state index contributed by atoms with van der Waals surface area (Å²) < 4.78 is 13.6. The van der Waals surface area contributed by atoms with Gasteiger partial charge in [0.05, 0.1) is 13.2 Å². The first-order valence-electron chi connectivity index (χ1n) is 11.7. The molecule has 1 amide bonds. The molecule has 0 unspecified atom stereocenters. The van der Waals surface area contributed by atoms with E-state index in [1.54, 1.807) is 0 Å². The molecule has 6 nitrogen and oxygen atoms in total. The third-order valence-electron chi connectivity index (χ3n) is 6.19. The van der Waals surface area contributed by atoms with Gasteiger partial charge in [0, 0.05) is 60.1 Å². The molecule has 6 heteroatoms. The molecular formula is C28H29N3O3.